The van der Waals surface area contributed by atoms with Crippen LogP contribution < -0.4 is 16.2 Å². The number of nitrogens with two attached hydrogens (primary N) is 1. The second-order valence-corrected chi connectivity index (χ2v) is 5.23. The van der Waals surface area contributed by atoms with Crippen LogP contribution >= 0.6 is 11.8 Å². The van der Waals surface area contributed by atoms with Crippen molar-refractivity contribution < 1.29 is 0 Å². The van der Waals surface area contributed by atoms with Gasteiger partial charge in [-0.25, -0.2) is 5.84 Å². The van der Waals surface area contributed by atoms with E-state index in [0.717, 1.165) is 5.65 Å². The number of rotatable bonds is 4. The normalized spacial score (nSPS) is 10.8. The van der Waals surface area contributed by atoms with Crippen LogP contribution in [-0.2, 0) is 0 Å². The van der Waals surface area contributed by atoms with E-state index in [0.29, 0.717) is 22.2 Å². The van der Waals surface area contributed by atoms with Crippen LogP contribution in [0.5, 0.6) is 0 Å². The summed E-state index contributed by atoms with van der Waals surface area (Å²) in [5, 5.41) is 9.37. The zero-order chi connectivity index (χ0) is 14.8. The van der Waals surface area contributed by atoms with Crippen LogP contribution in [0.1, 0.15) is 0 Å². The molecule has 0 radical (unpaired) electrons. The highest BCUT2D eigenvalue weighted by atomic mass is 32.2. The average molecular weight is 303 g/mol. The molecule has 0 spiro atoms. The molecule has 3 aromatic rings. The average Bonchev–Trinajstić information content (AvgIpc) is 2.90. The van der Waals surface area contributed by atoms with Crippen LogP contribution in [0.3, 0.4) is 0 Å². The number of hydrogen-bond acceptors (Lipinski definition) is 9. The zero-order valence-corrected chi connectivity index (χ0v) is 12.2. The first-order valence-corrected chi connectivity index (χ1v) is 6.86. The van der Waals surface area contributed by atoms with Gasteiger partial charge in [-0.15, -0.1) is 10.2 Å². The van der Waals surface area contributed by atoms with E-state index in [1.54, 1.807) is 4.90 Å². The molecule has 0 saturated heterocycles. The molecule has 0 atom stereocenters. The fourth-order valence-electron chi connectivity index (χ4n) is 1.63. The van der Waals surface area contributed by atoms with Gasteiger partial charge in [0.05, 0.1) is 0 Å². The smallest absolute Gasteiger partial charge is 0.242 e. The lowest BCUT2D eigenvalue weighted by Crippen LogP contribution is -2.17. The highest BCUT2D eigenvalue weighted by Gasteiger charge is 2.12. The van der Waals surface area contributed by atoms with E-state index in [-0.39, 0.29) is 0 Å². The number of anilines is 2. The van der Waals surface area contributed by atoms with Gasteiger partial charge in [-0.3, -0.25) is 9.83 Å². The zero-order valence-electron chi connectivity index (χ0n) is 11.4. The summed E-state index contributed by atoms with van der Waals surface area (Å²) in [5.41, 5.74) is 3.20. The summed E-state index contributed by atoms with van der Waals surface area (Å²) >= 11 is 1.29. The number of pyridine rings is 1. The standard InChI is InChI=1S/C11H13N9S/c1-19(2)9-13-8(16-12)14-10(15-9)21-11-18-17-7-5-3-4-6-20(7)11/h3-6H,12H2,1-2H3,(H,13,14,15,16). The van der Waals surface area contributed by atoms with E-state index in [1.165, 1.54) is 11.8 Å². The molecule has 108 valence electrons. The molecule has 0 aliphatic carbocycles. The van der Waals surface area contributed by atoms with E-state index in [4.69, 9.17) is 5.84 Å². The van der Waals surface area contributed by atoms with Gasteiger partial charge < -0.3 is 4.90 Å². The van der Waals surface area contributed by atoms with Crippen LogP contribution in [0.4, 0.5) is 11.9 Å². The molecule has 9 nitrogen and oxygen atoms in total. The largest absolute Gasteiger partial charge is 0.347 e. The van der Waals surface area contributed by atoms with E-state index < -0.39 is 0 Å². The Kier molecular flexibility index (Phi) is 3.54. The number of aromatic nitrogens is 6. The third-order valence-corrected chi connectivity index (χ3v) is 3.42. The van der Waals surface area contributed by atoms with Gasteiger partial charge in [0, 0.05) is 20.3 Å². The summed E-state index contributed by atoms with van der Waals surface area (Å²) < 4.78 is 1.86. The first-order valence-electron chi connectivity index (χ1n) is 6.05. The van der Waals surface area contributed by atoms with Crippen molar-refractivity contribution in [2.75, 3.05) is 24.4 Å². The Morgan fingerprint density at radius 1 is 1.19 bits per heavy atom. The van der Waals surface area contributed by atoms with Crippen LogP contribution in [-0.4, -0.2) is 43.6 Å². The van der Waals surface area contributed by atoms with E-state index in [1.807, 2.05) is 42.9 Å². The maximum absolute atomic E-state index is 5.39. The van der Waals surface area contributed by atoms with Crippen LogP contribution in [0.15, 0.2) is 34.7 Å². The predicted octanol–water partition coefficient (Wildman–Crippen LogP) is 0.417. The third-order valence-electron chi connectivity index (χ3n) is 2.60. The molecule has 0 aromatic carbocycles. The fourth-order valence-corrected chi connectivity index (χ4v) is 2.38. The Bertz CT molecular complexity index is 769. The molecular formula is C11H13N9S. The van der Waals surface area contributed by atoms with Gasteiger partial charge in [-0.2, -0.15) is 15.0 Å². The molecule has 0 bridgehead atoms. The van der Waals surface area contributed by atoms with Crippen molar-refractivity contribution in [1.29, 1.82) is 0 Å². The quantitative estimate of drug-likeness (QED) is 0.523. The Labute approximate surface area is 124 Å². The Morgan fingerprint density at radius 2 is 2.05 bits per heavy atom. The van der Waals surface area contributed by atoms with Gasteiger partial charge in [0.1, 0.15) is 0 Å². The molecule has 3 heterocycles. The first-order chi connectivity index (χ1) is 10.2. The molecule has 10 heteroatoms. The molecule has 0 amide bonds. The summed E-state index contributed by atoms with van der Waals surface area (Å²) in [4.78, 5) is 14.5. The highest BCUT2D eigenvalue weighted by Crippen LogP contribution is 2.25. The molecule has 0 saturated carbocycles. The lowest BCUT2D eigenvalue weighted by Gasteiger charge is -2.11. The third kappa shape index (κ3) is 2.71. The first kappa shape index (κ1) is 13.5. The van der Waals surface area contributed by atoms with Crippen molar-refractivity contribution in [3.05, 3.63) is 24.4 Å². The summed E-state index contributed by atoms with van der Waals surface area (Å²) in [6.45, 7) is 0. The van der Waals surface area contributed by atoms with E-state index in [9.17, 15) is 0 Å². The maximum Gasteiger partial charge on any atom is 0.242 e. The molecule has 0 aliphatic heterocycles. The summed E-state index contributed by atoms with van der Waals surface area (Å²) in [7, 11) is 3.69. The molecule has 21 heavy (non-hydrogen) atoms. The van der Waals surface area contributed by atoms with Crippen LogP contribution in [0.2, 0.25) is 0 Å². The number of nitrogens with zero attached hydrogens (tertiary/aromatic N) is 7. The SMILES string of the molecule is CN(C)c1nc(NN)nc(Sc2nnc3ccccn23)n1. The second-order valence-electron chi connectivity index (χ2n) is 4.29. The molecule has 3 aromatic heterocycles. The maximum atomic E-state index is 5.39. The molecular weight excluding hydrogens is 290 g/mol. The number of hydrogen-bond donors (Lipinski definition) is 2. The summed E-state index contributed by atoms with van der Waals surface area (Å²) in [6, 6.07) is 5.69. The topological polar surface area (TPSA) is 110 Å². The fraction of sp³-hybridized carbons (Fsp3) is 0.182. The molecule has 0 aliphatic rings. The van der Waals surface area contributed by atoms with Crippen molar-refractivity contribution in [3.8, 4) is 0 Å². The lowest BCUT2D eigenvalue weighted by atomic mass is 10.5. The van der Waals surface area contributed by atoms with Crippen molar-refractivity contribution >= 4 is 29.3 Å². The van der Waals surface area contributed by atoms with Crippen LogP contribution in [0.25, 0.3) is 5.65 Å². The van der Waals surface area contributed by atoms with E-state index in [2.05, 4.69) is 30.6 Å². The van der Waals surface area contributed by atoms with Gasteiger partial charge in [0.25, 0.3) is 0 Å². The van der Waals surface area contributed by atoms with Gasteiger partial charge in [-0.05, 0) is 23.9 Å². The van der Waals surface area contributed by atoms with Gasteiger partial charge >= 0.3 is 0 Å². The minimum absolute atomic E-state index is 0.296. The van der Waals surface area contributed by atoms with Gasteiger partial charge in [0.2, 0.25) is 22.2 Å². The number of nitrogens with one attached hydrogen (secondary N) is 1. The van der Waals surface area contributed by atoms with Crippen molar-refractivity contribution in [2.24, 2.45) is 5.84 Å². The summed E-state index contributed by atoms with van der Waals surface area (Å²) in [5.74, 6) is 6.19. The van der Waals surface area contributed by atoms with E-state index >= 15 is 0 Å². The summed E-state index contributed by atoms with van der Waals surface area (Å²) in [6.07, 6.45) is 1.88. The molecule has 0 fully saturated rings. The Hall–Kier alpha value is -2.46. The predicted molar refractivity (Wildman–Crippen MR) is 79.1 cm³/mol. The Morgan fingerprint density at radius 3 is 2.81 bits per heavy atom. The monoisotopic (exact) mass is 303 g/mol. The lowest BCUT2D eigenvalue weighted by molar-refractivity contribution is 0.853. The highest BCUT2D eigenvalue weighted by molar-refractivity contribution is 7.99. The molecule has 3 N–H and O–H groups in total. The molecule has 0 unspecified atom stereocenters. The van der Waals surface area contributed by atoms with Crippen LogP contribution in [0, 0.1) is 0 Å². The number of hydrazine groups is 1. The Balaban J connectivity index is 1.99. The number of fused-ring (bicyclic) bond motifs is 1. The van der Waals surface area contributed by atoms with Gasteiger partial charge in [0.15, 0.2) is 5.65 Å². The number of nitrogen functional groups attached to an aromatic ring is 1. The minimum Gasteiger partial charge on any atom is -0.347 e. The minimum atomic E-state index is 0.296. The second kappa shape index (κ2) is 5.50. The van der Waals surface area contributed by atoms with Crippen molar-refractivity contribution in [3.63, 3.8) is 0 Å². The molecule has 3 rings (SSSR count). The van der Waals surface area contributed by atoms with Gasteiger partial charge in [-0.1, -0.05) is 6.07 Å². The van der Waals surface area contributed by atoms with Crippen molar-refractivity contribution in [2.45, 2.75) is 10.3 Å². The van der Waals surface area contributed by atoms with Crippen molar-refractivity contribution in [1.82, 2.24) is 29.5 Å².